The first-order valence-corrected chi connectivity index (χ1v) is 12.1. The van der Waals surface area contributed by atoms with Gasteiger partial charge in [0, 0.05) is 19.1 Å². The molecule has 6 nitrogen and oxygen atoms in total. The van der Waals surface area contributed by atoms with Crippen molar-refractivity contribution in [3.05, 3.63) is 71.7 Å². The van der Waals surface area contributed by atoms with Crippen LogP contribution in [0.5, 0.6) is 11.6 Å². The van der Waals surface area contributed by atoms with Crippen molar-refractivity contribution in [3.63, 3.8) is 0 Å². The van der Waals surface area contributed by atoms with Gasteiger partial charge in [0.05, 0.1) is 29.6 Å². The van der Waals surface area contributed by atoms with Gasteiger partial charge < -0.3 is 14.4 Å². The van der Waals surface area contributed by atoms with Crippen molar-refractivity contribution in [1.82, 2.24) is 14.7 Å². The molecule has 5 rings (SSSR count). The summed E-state index contributed by atoms with van der Waals surface area (Å²) in [6, 6.07) is 15.7. The molecule has 3 aromatic rings. The third-order valence-corrected chi connectivity index (χ3v) is 6.42. The predicted molar refractivity (Wildman–Crippen MR) is 127 cm³/mol. The molecule has 1 aliphatic heterocycles. The van der Waals surface area contributed by atoms with E-state index in [0.717, 1.165) is 43.5 Å². The smallest absolute Gasteiger partial charge is 0.227 e. The van der Waals surface area contributed by atoms with Crippen molar-refractivity contribution in [3.8, 4) is 17.3 Å². The lowest BCUT2D eigenvalue weighted by atomic mass is 10.1. The molecule has 0 spiro atoms. The largest absolute Gasteiger partial charge is 0.439 e. The van der Waals surface area contributed by atoms with Crippen LogP contribution < -0.4 is 4.74 Å². The number of halogens is 1. The second-order valence-electron chi connectivity index (χ2n) is 9.02. The Morgan fingerprint density at radius 3 is 2.56 bits per heavy atom. The maximum atomic E-state index is 13.6. The number of hydrogen-bond donors (Lipinski definition) is 0. The second kappa shape index (κ2) is 9.97. The van der Waals surface area contributed by atoms with E-state index in [9.17, 15) is 9.18 Å². The third kappa shape index (κ3) is 4.99. The molecule has 1 amide bonds. The molecule has 2 fully saturated rings. The molecule has 1 saturated carbocycles. The van der Waals surface area contributed by atoms with Crippen molar-refractivity contribution in [2.75, 3.05) is 13.2 Å². The summed E-state index contributed by atoms with van der Waals surface area (Å²) in [4.78, 5) is 15.2. The molecule has 7 heteroatoms. The lowest BCUT2D eigenvalue weighted by Gasteiger charge is -2.26. The number of rotatable bonds is 9. The van der Waals surface area contributed by atoms with Gasteiger partial charge in [-0.2, -0.15) is 5.10 Å². The quantitative estimate of drug-likeness (QED) is 0.433. The maximum absolute atomic E-state index is 13.6. The first-order chi connectivity index (χ1) is 16.6. The normalized spacial score (nSPS) is 17.6. The fourth-order valence-electron chi connectivity index (χ4n) is 4.43. The van der Waals surface area contributed by atoms with Crippen LogP contribution in [0.3, 0.4) is 0 Å². The van der Waals surface area contributed by atoms with Gasteiger partial charge in [-0.3, -0.25) is 4.79 Å². The average molecular weight is 464 g/mol. The summed E-state index contributed by atoms with van der Waals surface area (Å²) in [6.07, 6.45) is 4.64. The molecule has 1 saturated heterocycles. The van der Waals surface area contributed by atoms with E-state index >= 15 is 0 Å². The van der Waals surface area contributed by atoms with E-state index in [0.29, 0.717) is 36.8 Å². The summed E-state index contributed by atoms with van der Waals surface area (Å²) in [7, 11) is 0. The van der Waals surface area contributed by atoms with Crippen LogP contribution in [-0.2, 0) is 22.5 Å². The van der Waals surface area contributed by atoms with Crippen molar-refractivity contribution in [1.29, 1.82) is 0 Å². The van der Waals surface area contributed by atoms with Gasteiger partial charge in [0.1, 0.15) is 11.6 Å². The minimum atomic E-state index is -0.310. The van der Waals surface area contributed by atoms with Crippen LogP contribution in [0.1, 0.15) is 43.9 Å². The van der Waals surface area contributed by atoms with Gasteiger partial charge in [-0.25, -0.2) is 9.07 Å². The van der Waals surface area contributed by atoms with Crippen LogP contribution in [0.2, 0.25) is 0 Å². The van der Waals surface area contributed by atoms with Crippen LogP contribution in [0.4, 0.5) is 4.39 Å². The fourth-order valence-corrected chi connectivity index (χ4v) is 4.43. The summed E-state index contributed by atoms with van der Waals surface area (Å²) in [5.41, 5.74) is 2.44. The Labute approximate surface area is 199 Å². The molecule has 2 heterocycles. The molecular weight excluding hydrogens is 433 g/mol. The van der Waals surface area contributed by atoms with E-state index in [1.165, 1.54) is 12.1 Å². The number of carbonyl (C=O) groups excluding carboxylic acids is 1. The van der Waals surface area contributed by atoms with Gasteiger partial charge in [0.2, 0.25) is 11.8 Å². The highest BCUT2D eigenvalue weighted by Gasteiger charge is 2.36. The molecule has 0 radical (unpaired) electrons. The Bertz CT molecular complexity index is 1120. The first kappa shape index (κ1) is 22.6. The molecule has 0 N–H and O–H groups in total. The molecule has 178 valence electrons. The van der Waals surface area contributed by atoms with E-state index in [2.05, 4.69) is 0 Å². The minimum absolute atomic E-state index is 0.0680. The Balaban J connectivity index is 1.54. The van der Waals surface area contributed by atoms with E-state index in [1.807, 2.05) is 42.2 Å². The van der Waals surface area contributed by atoms with E-state index in [1.54, 1.807) is 16.8 Å². The summed E-state index contributed by atoms with van der Waals surface area (Å²) < 4.78 is 27.6. The number of aryl methyl sites for hydroxylation is 1. The maximum Gasteiger partial charge on any atom is 0.227 e. The summed E-state index contributed by atoms with van der Waals surface area (Å²) in [5.74, 6) is 1.20. The number of amides is 1. The van der Waals surface area contributed by atoms with Gasteiger partial charge >= 0.3 is 0 Å². The van der Waals surface area contributed by atoms with Crippen molar-refractivity contribution in [2.24, 2.45) is 5.92 Å². The third-order valence-electron chi connectivity index (χ3n) is 6.42. The Hall–Kier alpha value is -3.19. The standard InChI is InChI=1S/C27H30FN3O3/c1-2-25-24(18-30(26(32)19-10-11-19)17-23-9-6-16-33-23)27(34-22-7-4-3-5-8-22)31(29-25)21-14-12-20(28)13-15-21/h3-5,7-8,12-15,19,23H,2,6,9-11,16-18H2,1H3/t23-/m1/s1. The molecule has 1 aromatic heterocycles. The van der Waals surface area contributed by atoms with Gasteiger partial charge in [0.25, 0.3) is 0 Å². The highest BCUT2D eigenvalue weighted by molar-refractivity contribution is 5.81. The lowest BCUT2D eigenvalue weighted by Crippen LogP contribution is -2.38. The van der Waals surface area contributed by atoms with Crippen LogP contribution in [0.25, 0.3) is 5.69 Å². The van der Waals surface area contributed by atoms with Crippen LogP contribution >= 0.6 is 0 Å². The number of carbonyl (C=O) groups is 1. The molecular formula is C27H30FN3O3. The SMILES string of the molecule is CCc1nn(-c2ccc(F)cc2)c(Oc2ccccc2)c1CN(C[C@H]1CCCO1)C(=O)C1CC1. The molecule has 1 aliphatic carbocycles. The molecule has 0 bridgehead atoms. The molecule has 34 heavy (non-hydrogen) atoms. The number of nitrogens with zero attached hydrogens (tertiary/aromatic N) is 3. The lowest BCUT2D eigenvalue weighted by molar-refractivity contribution is -0.134. The van der Waals surface area contributed by atoms with Gasteiger partial charge in [0.15, 0.2) is 0 Å². The topological polar surface area (TPSA) is 56.6 Å². The Kier molecular flexibility index (Phi) is 6.63. The molecule has 1 atom stereocenters. The first-order valence-electron chi connectivity index (χ1n) is 12.1. The van der Waals surface area contributed by atoms with E-state index < -0.39 is 0 Å². The summed E-state index contributed by atoms with van der Waals surface area (Å²) >= 11 is 0. The average Bonchev–Trinajstić information content (AvgIpc) is 3.48. The van der Waals surface area contributed by atoms with Gasteiger partial charge in [-0.05, 0) is 68.5 Å². The van der Waals surface area contributed by atoms with Crippen molar-refractivity contribution in [2.45, 2.75) is 51.7 Å². The minimum Gasteiger partial charge on any atom is -0.439 e. The highest BCUT2D eigenvalue weighted by atomic mass is 19.1. The number of ether oxygens (including phenoxy) is 2. The monoisotopic (exact) mass is 463 g/mol. The number of benzene rings is 2. The zero-order valence-corrected chi connectivity index (χ0v) is 19.5. The molecule has 2 aromatic carbocycles. The second-order valence-corrected chi connectivity index (χ2v) is 9.02. The number of aromatic nitrogens is 2. The van der Waals surface area contributed by atoms with Crippen molar-refractivity contribution < 1.29 is 18.7 Å². The van der Waals surface area contributed by atoms with Crippen LogP contribution in [-0.4, -0.2) is 39.8 Å². The van der Waals surface area contributed by atoms with E-state index in [-0.39, 0.29) is 23.7 Å². The zero-order valence-electron chi connectivity index (χ0n) is 19.5. The predicted octanol–water partition coefficient (Wildman–Crippen LogP) is 5.28. The van der Waals surface area contributed by atoms with E-state index in [4.69, 9.17) is 14.6 Å². The zero-order chi connectivity index (χ0) is 23.5. The highest BCUT2D eigenvalue weighted by Crippen LogP contribution is 2.35. The molecule has 0 unspecified atom stereocenters. The number of hydrogen-bond acceptors (Lipinski definition) is 4. The molecule has 2 aliphatic rings. The Morgan fingerprint density at radius 1 is 1.15 bits per heavy atom. The van der Waals surface area contributed by atoms with Gasteiger partial charge in [-0.15, -0.1) is 0 Å². The van der Waals surface area contributed by atoms with Crippen LogP contribution in [0.15, 0.2) is 54.6 Å². The Morgan fingerprint density at radius 2 is 1.91 bits per heavy atom. The summed E-state index contributed by atoms with van der Waals surface area (Å²) in [6.45, 7) is 3.77. The van der Waals surface area contributed by atoms with Crippen molar-refractivity contribution >= 4 is 5.91 Å². The number of para-hydroxylation sites is 1. The van der Waals surface area contributed by atoms with Crippen LogP contribution in [0, 0.1) is 11.7 Å². The fraction of sp³-hybridized carbons (Fsp3) is 0.407. The summed E-state index contributed by atoms with van der Waals surface area (Å²) in [5, 5.41) is 4.83. The van der Waals surface area contributed by atoms with Gasteiger partial charge in [-0.1, -0.05) is 25.1 Å².